The lowest BCUT2D eigenvalue weighted by Crippen LogP contribution is -2.17. The number of carbonyl (C=O) groups is 1. The van der Waals surface area contributed by atoms with E-state index in [2.05, 4.69) is 71.0 Å². The average molecular weight is 484 g/mol. The number of hydrogen-bond donors (Lipinski definition) is 2. The molecule has 176 valence electrons. The molecule has 0 saturated carbocycles. The third-order valence-electron chi connectivity index (χ3n) is 5.58. The Balaban J connectivity index is 1.44. The van der Waals surface area contributed by atoms with Crippen LogP contribution in [-0.4, -0.2) is 35.7 Å². The molecule has 0 atom stereocenters. The molecular formula is C29H26ClN3O2. The molecule has 2 N–H and O–H groups in total. The van der Waals surface area contributed by atoms with Gasteiger partial charge in [-0.3, -0.25) is 9.69 Å². The van der Waals surface area contributed by atoms with Gasteiger partial charge in [0.05, 0.1) is 11.2 Å². The van der Waals surface area contributed by atoms with Gasteiger partial charge < -0.3 is 5.11 Å². The molecule has 0 radical (unpaired) electrons. The zero-order chi connectivity index (χ0) is 24.6. The second-order valence-corrected chi connectivity index (χ2v) is 8.65. The normalized spacial score (nSPS) is 11.6. The van der Waals surface area contributed by atoms with E-state index in [1.165, 1.54) is 23.8 Å². The minimum atomic E-state index is -0.411. The van der Waals surface area contributed by atoms with E-state index < -0.39 is 5.91 Å². The molecule has 0 bridgehead atoms. The Kier molecular flexibility index (Phi) is 7.93. The molecule has 4 rings (SSSR count). The smallest absolute Gasteiger partial charge is 0.271 e. The van der Waals surface area contributed by atoms with Crippen molar-refractivity contribution in [3.63, 3.8) is 0 Å². The first kappa shape index (κ1) is 24.2. The number of benzene rings is 4. The van der Waals surface area contributed by atoms with Crippen LogP contribution in [0.25, 0.3) is 16.8 Å². The Morgan fingerprint density at radius 3 is 2.40 bits per heavy atom. The molecule has 1 amide bonds. The summed E-state index contributed by atoms with van der Waals surface area (Å²) in [5.74, 6) is -0.484. The molecule has 0 fully saturated rings. The standard InChI is InChI=1S/C29H26ClN3O2/c1-33(20-21-8-3-2-4-9-21)17-7-10-22-13-14-24(26-12-6-5-11-25(22)26)19-31-32-29(35)23-15-16-28(34)27(30)18-23/h2-16,18-19,34H,17,20H2,1H3,(H,32,35)/b10-7+,31-19+. The van der Waals surface area contributed by atoms with Gasteiger partial charge in [-0.15, -0.1) is 0 Å². The SMILES string of the molecule is CN(C/C=C/c1ccc(/C=N/NC(=O)c2ccc(O)c(Cl)c2)c2ccccc12)Cc1ccccc1. The molecule has 5 nitrogen and oxygen atoms in total. The maximum Gasteiger partial charge on any atom is 0.271 e. The summed E-state index contributed by atoms with van der Waals surface area (Å²) < 4.78 is 0. The number of hydrogen-bond acceptors (Lipinski definition) is 4. The van der Waals surface area contributed by atoms with Crippen molar-refractivity contribution in [2.45, 2.75) is 6.54 Å². The van der Waals surface area contributed by atoms with Gasteiger partial charge in [0.1, 0.15) is 5.75 Å². The van der Waals surface area contributed by atoms with E-state index in [0.717, 1.165) is 35.0 Å². The molecule has 0 unspecified atom stereocenters. The van der Waals surface area contributed by atoms with Gasteiger partial charge in [0.25, 0.3) is 5.91 Å². The van der Waals surface area contributed by atoms with Crippen molar-refractivity contribution in [1.29, 1.82) is 0 Å². The number of nitrogens with one attached hydrogen (secondary N) is 1. The molecule has 4 aromatic carbocycles. The predicted octanol–water partition coefficient (Wildman–Crippen LogP) is 6.11. The molecule has 0 saturated heterocycles. The predicted molar refractivity (Wildman–Crippen MR) is 144 cm³/mol. The number of rotatable bonds is 8. The third kappa shape index (κ3) is 6.35. The van der Waals surface area contributed by atoms with E-state index in [9.17, 15) is 9.90 Å². The number of hydrazone groups is 1. The number of halogens is 1. The van der Waals surface area contributed by atoms with E-state index >= 15 is 0 Å². The summed E-state index contributed by atoms with van der Waals surface area (Å²) in [6.45, 7) is 1.73. The van der Waals surface area contributed by atoms with Gasteiger partial charge in [0.15, 0.2) is 0 Å². The molecule has 0 aromatic heterocycles. The molecule has 4 aromatic rings. The van der Waals surface area contributed by atoms with Crippen LogP contribution in [0.15, 0.2) is 96.1 Å². The van der Waals surface area contributed by atoms with Crippen LogP contribution >= 0.6 is 11.6 Å². The fourth-order valence-electron chi connectivity index (χ4n) is 3.80. The third-order valence-corrected chi connectivity index (χ3v) is 5.88. The summed E-state index contributed by atoms with van der Waals surface area (Å²) in [5.41, 5.74) is 6.12. The van der Waals surface area contributed by atoms with Crippen molar-refractivity contribution in [1.82, 2.24) is 10.3 Å². The number of fused-ring (bicyclic) bond motifs is 1. The van der Waals surface area contributed by atoms with Gasteiger partial charge in [-0.1, -0.05) is 90.5 Å². The summed E-state index contributed by atoms with van der Waals surface area (Å²) in [6, 6.07) is 26.8. The van der Waals surface area contributed by atoms with Crippen LogP contribution in [-0.2, 0) is 6.54 Å². The molecule has 35 heavy (non-hydrogen) atoms. The number of phenols is 1. The molecular weight excluding hydrogens is 458 g/mol. The van der Waals surface area contributed by atoms with Crippen molar-refractivity contribution in [3.8, 4) is 5.75 Å². The van der Waals surface area contributed by atoms with Crippen LogP contribution < -0.4 is 5.43 Å². The van der Waals surface area contributed by atoms with E-state index in [4.69, 9.17) is 11.6 Å². The van der Waals surface area contributed by atoms with Gasteiger partial charge in [-0.2, -0.15) is 5.10 Å². The quantitative estimate of drug-likeness (QED) is 0.235. The van der Waals surface area contributed by atoms with Crippen molar-refractivity contribution >= 4 is 40.6 Å². The van der Waals surface area contributed by atoms with Crippen LogP contribution in [0, 0.1) is 0 Å². The van der Waals surface area contributed by atoms with Crippen LogP contribution in [0.1, 0.15) is 27.0 Å². The van der Waals surface area contributed by atoms with Gasteiger partial charge >= 0.3 is 0 Å². The summed E-state index contributed by atoms with van der Waals surface area (Å²) in [5, 5.41) is 15.9. The Hall–Kier alpha value is -3.93. The highest BCUT2D eigenvalue weighted by Crippen LogP contribution is 2.24. The highest BCUT2D eigenvalue weighted by atomic mass is 35.5. The Labute approximate surface area is 210 Å². The topological polar surface area (TPSA) is 64.9 Å². The molecule has 0 spiro atoms. The largest absolute Gasteiger partial charge is 0.506 e. The van der Waals surface area contributed by atoms with E-state index in [-0.39, 0.29) is 10.8 Å². The lowest BCUT2D eigenvalue weighted by Gasteiger charge is -2.14. The monoisotopic (exact) mass is 483 g/mol. The van der Waals surface area contributed by atoms with Crippen LogP contribution in [0.3, 0.4) is 0 Å². The van der Waals surface area contributed by atoms with Gasteiger partial charge in [0, 0.05) is 24.2 Å². The Bertz CT molecular complexity index is 1380. The maximum atomic E-state index is 12.3. The highest BCUT2D eigenvalue weighted by Gasteiger charge is 2.08. The minimum absolute atomic E-state index is 0.0739. The van der Waals surface area contributed by atoms with Gasteiger partial charge in [0.2, 0.25) is 0 Å². The lowest BCUT2D eigenvalue weighted by molar-refractivity contribution is 0.0955. The second kappa shape index (κ2) is 11.5. The fourth-order valence-corrected chi connectivity index (χ4v) is 3.98. The van der Waals surface area contributed by atoms with Gasteiger partial charge in [-0.05, 0) is 47.1 Å². The zero-order valence-corrected chi connectivity index (χ0v) is 20.1. The number of likely N-dealkylation sites (N-methyl/N-ethyl adjacent to an activating group) is 1. The number of aromatic hydroxyl groups is 1. The first-order chi connectivity index (χ1) is 17.0. The molecule has 0 aliphatic carbocycles. The van der Waals surface area contributed by atoms with Crippen molar-refractivity contribution < 1.29 is 9.90 Å². The maximum absolute atomic E-state index is 12.3. The Morgan fingerprint density at radius 2 is 1.66 bits per heavy atom. The van der Waals surface area contributed by atoms with E-state index in [1.807, 2.05) is 30.3 Å². The number of nitrogens with zero attached hydrogens (tertiary/aromatic N) is 2. The van der Waals surface area contributed by atoms with Crippen LogP contribution in [0.2, 0.25) is 5.02 Å². The number of amides is 1. The number of carbonyl (C=O) groups excluding carboxylic acids is 1. The zero-order valence-electron chi connectivity index (χ0n) is 19.4. The average Bonchev–Trinajstić information content (AvgIpc) is 2.87. The highest BCUT2D eigenvalue weighted by molar-refractivity contribution is 6.32. The van der Waals surface area contributed by atoms with Crippen molar-refractivity contribution in [3.05, 3.63) is 118 Å². The summed E-state index contributed by atoms with van der Waals surface area (Å²) >= 11 is 5.88. The molecule has 0 aliphatic heterocycles. The van der Waals surface area contributed by atoms with Gasteiger partial charge in [-0.25, -0.2) is 5.43 Å². The summed E-state index contributed by atoms with van der Waals surface area (Å²) in [4.78, 5) is 14.6. The lowest BCUT2D eigenvalue weighted by atomic mass is 9.99. The molecule has 6 heteroatoms. The Morgan fingerprint density at radius 1 is 0.971 bits per heavy atom. The van der Waals surface area contributed by atoms with Crippen LogP contribution in [0.5, 0.6) is 5.75 Å². The number of phenolic OH excluding ortho intramolecular Hbond substituents is 1. The molecule has 0 heterocycles. The molecule has 0 aliphatic rings. The second-order valence-electron chi connectivity index (χ2n) is 8.24. The minimum Gasteiger partial charge on any atom is -0.506 e. The van der Waals surface area contributed by atoms with E-state index in [1.54, 1.807) is 6.21 Å². The fraction of sp³-hybridized carbons (Fsp3) is 0.103. The first-order valence-electron chi connectivity index (χ1n) is 11.2. The van der Waals surface area contributed by atoms with Crippen molar-refractivity contribution in [2.24, 2.45) is 5.10 Å². The summed E-state index contributed by atoms with van der Waals surface area (Å²) in [6.07, 6.45) is 5.94. The van der Waals surface area contributed by atoms with Crippen LogP contribution in [0.4, 0.5) is 0 Å². The van der Waals surface area contributed by atoms with E-state index in [0.29, 0.717) is 5.56 Å². The first-order valence-corrected chi connectivity index (χ1v) is 11.6. The van der Waals surface area contributed by atoms with Crippen molar-refractivity contribution in [2.75, 3.05) is 13.6 Å². The summed E-state index contributed by atoms with van der Waals surface area (Å²) in [7, 11) is 2.11.